The number of rotatable bonds is 4. The lowest BCUT2D eigenvalue weighted by molar-refractivity contribution is 0.138. The van der Waals surface area contributed by atoms with Gasteiger partial charge in [-0.2, -0.15) is 0 Å². The molecule has 3 saturated carbocycles. The van der Waals surface area contributed by atoms with E-state index in [0.717, 1.165) is 29.8 Å². The van der Waals surface area contributed by atoms with Crippen LogP contribution in [0, 0.1) is 17.8 Å². The van der Waals surface area contributed by atoms with Crippen LogP contribution < -0.4 is 5.32 Å². The molecule has 4 unspecified atom stereocenters. The summed E-state index contributed by atoms with van der Waals surface area (Å²) in [6.45, 7) is 2.41. The quantitative estimate of drug-likeness (QED) is 0.773. The van der Waals surface area contributed by atoms with Gasteiger partial charge in [0.05, 0.1) is 0 Å². The summed E-state index contributed by atoms with van der Waals surface area (Å²) in [5, 5.41) is 3.92. The molecule has 3 aliphatic rings. The number of hydrogen-bond acceptors (Lipinski definition) is 1. The van der Waals surface area contributed by atoms with Crippen molar-refractivity contribution in [1.82, 2.24) is 5.32 Å². The molecule has 0 heterocycles. The summed E-state index contributed by atoms with van der Waals surface area (Å²) in [7, 11) is 0. The molecular weight excluding hydrogens is 206 g/mol. The summed E-state index contributed by atoms with van der Waals surface area (Å²) in [4.78, 5) is 0. The van der Waals surface area contributed by atoms with E-state index in [1.807, 2.05) is 0 Å². The van der Waals surface area contributed by atoms with Crippen molar-refractivity contribution >= 4 is 0 Å². The molecule has 3 rings (SSSR count). The van der Waals surface area contributed by atoms with Crippen LogP contribution in [0.4, 0.5) is 0 Å². The minimum Gasteiger partial charge on any atom is -0.311 e. The molecule has 4 atom stereocenters. The van der Waals surface area contributed by atoms with E-state index < -0.39 is 0 Å². The molecule has 0 aliphatic heterocycles. The molecule has 17 heavy (non-hydrogen) atoms. The van der Waals surface area contributed by atoms with Crippen molar-refractivity contribution in [2.24, 2.45) is 17.8 Å². The molecule has 0 amide bonds. The van der Waals surface area contributed by atoms with Gasteiger partial charge in [-0.15, -0.1) is 0 Å². The molecule has 0 bridgehead atoms. The highest BCUT2D eigenvalue weighted by Gasteiger charge is 2.33. The zero-order valence-corrected chi connectivity index (χ0v) is 11.5. The van der Waals surface area contributed by atoms with Crippen LogP contribution in [0.2, 0.25) is 0 Å². The highest BCUT2D eigenvalue weighted by atomic mass is 14.9. The second kappa shape index (κ2) is 5.30. The lowest BCUT2D eigenvalue weighted by Crippen LogP contribution is -2.42. The fourth-order valence-corrected chi connectivity index (χ4v) is 4.35. The highest BCUT2D eigenvalue weighted by Crippen LogP contribution is 2.41. The Kier molecular flexibility index (Phi) is 3.75. The topological polar surface area (TPSA) is 12.0 Å². The van der Waals surface area contributed by atoms with Crippen LogP contribution in [0.15, 0.2) is 0 Å². The molecule has 1 N–H and O–H groups in total. The molecular formula is C16H29N. The van der Waals surface area contributed by atoms with Crippen molar-refractivity contribution in [3.05, 3.63) is 0 Å². The van der Waals surface area contributed by atoms with Gasteiger partial charge in [-0.3, -0.25) is 0 Å². The Morgan fingerprint density at radius 2 is 1.71 bits per heavy atom. The van der Waals surface area contributed by atoms with Crippen LogP contribution in [0.25, 0.3) is 0 Å². The average Bonchev–Trinajstić information content (AvgIpc) is 3.12. The third-order valence-corrected chi connectivity index (χ3v) is 5.44. The third kappa shape index (κ3) is 3.24. The SMILES string of the molecule is CC(CC1CC1)NC1CCC2CCCCC2C1. The van der Waals surface area contributed by atoms with E-state index in [0.29, 0.717) is 0 Å². The molecule has 0 aromatic carbocycles. The van der Waals surface area contributed by atoms with E-state index >= 15 is 0 Å². The third-order valence-electron chi connectivity index (χ3n) is 5.44. The van der Waals surface area contributed by atoms with E-state index in [2.05, 4.69) is 12.2 Å². The first-order valence-corrected chi connectivity index (χ1v) is 8.07. The van der Waals surface area contributed by atoms with E-state index in [-0.39, 0.29) is 0 Å². The van der Waals surface area contributed by atoms with Gasteiger partial charge >= 0.3 is 0 Å². The lowest BCUT2D eigenvalue weighted by atomic mass is 9.69. The van der Waals surface area contributed by atoms with E-state index in [1.54, 1.807) is 0 Å². The van der Waals surface area contributed by atoms with Crippen molar-refractivity contribution in [2.75, 3.05) is 0 Å². The first-order valence-electron chi connectivity index (χ1n) is 8.07. The maximum atomic E-state index is 3.92. The molecule has 98 valence electrons. The number of fused-ring (bicyclic) bond motifs is 1. The van der Waals surface area contributed by atoms with Crippen molar-refractivity contribution in [1.29, 1.82) is 0 Å². The van der Waals surface area contributed by atoms with Gasteiger partial charge in [-0.1, -0.05) is 38.5 Å². The van der Waals surface area contributed by atoms with Crippen molar-refractivity contribution < 1.29 is 0 Å². The van der Waals surface area contributed by atoms with E-state index in [1.165, 1.54) is 64.2 Å². The Morgan fingerprint density at radius 1 is 0.941 bits per heavy atom. The predicted molar refractivity (Wildman–Crippen MR) is 73.0 cm³/mol. The van der Waals surface area contributed by atoms with Gasteiger partial charge in [0.15, 0.2) is 0 Å². The van der Waals surface area contributed by atoms with Gasteiger partial charge in [0, 0.05) is 12.1 Å². The summed E-state index contributed by atoms with van der Waals surface area (Å²) >= 11 is 0. The van der Waals surface area contributed by atoms with Crippen LogP contribution in [-0.2, 0) is 0 Å². The molecule has 1 heteroatoms. The molecule has 3 aliphatic carbocycles. The summed E-state index contributed by atoms with van der Waals surface area (Å²) < 4.78 is 0. The normalized spacial score (nSPS) is 39.7. The van der Waals surface area contributed by atoms with Crippen molar-refractivity contribution in [3.8, 4) is 0 Å². The Bertz CT molecular complexity index is 246. The second-order valence-corrected chi connectivity index (χ2v) is 7.06. The van der Waals surface area contributed by atoms with Crippen LogP contribution in [0.1, 0.15) is 71.1 Å². The monoisotopic (exact) mass is 235 g/mol. The maximum absolute atomic E-state index is 3.92. The second-order valence-electron chi connectivity index (χ2n) is 7.06. The first-order chi connectivity index (χ1) is 8.31. The van der Waals surface area contributed by atoms with Gasteiger partial charge in [0.25, 0.3) is 0 Å². The smallest absolute Gasteiger partial charge is 0.00723 e. The zero-order valence-electron chi connectivity index (χ0n) is 11.5. The van der Waals surface area contributed by atoms with Gasteiger partial charge in [0.2, 0.25) is 0 Å². The molecule has 0 spiro atoms. The Labute approximate surface area is 107 Å². The zero-order chi connectivity index (χ0) is 11.7. The highest BCUT2D eigenvalue weighted by molar-refractivity contribution is 4.88. The number of nitrogens with one attached hydrogen (secondary N) is 1. The summed E-state index contributed by atoms with van der Waals surface area (Å²) in [6.07, 6.45) is 15.0. The Balaban J connectivity index is 1.44. The molecule has 1 nitrogen and oxygen atoms in total. The summed E-state index contributed by atoms with van der Waals surface area (Å²) in [5.41, 5.74) is 0. The van der Waals surface area contributed by atoms with Crippen LogP contribution in [-0.4, -0.2) is 12.1 Å². The van der Waals surface area contributed by atoms with E-state index in [4.69, 9.17) is 0 Å². The summed E-state index contributed by atoms with van der Waals surface area (Å²) in [6, 6.07) is 1.62. The molecule has 0 aromatic rings. The number of hydrogen-bond donors (Lipinski definition) is 1. The molecule has 0 aromatic heterocycles. The van der Waals surface area contributed by atoms with Crippen LogP contribution in [0.3, 0.4) is 0 Å². The largest absolute Gasteiger partial charge is 0.311 e. The minimum atomic E-state index is 0.771. The van der Waals surface area contributed by atoms with Crippen molar-refractivity contribution in [3.63, 3.8) is 0 Å². The lowest BCUT2D eigenvalue weighted by Gasteiger charge is -2.40. The predicted octanol–water partition coefficient (Wildman–Crippen LogP) is 4.12. The van der Waals surface area contributed by atoms with Gasteiger partial charge < -0.3 is 5.32 Å². The van der Waals surface area contributed by atoms with Crippen LogP contribution >= 0.6 is 0 Å². The minimum absolute atomic E-state index is 0.771. The molecule has 0 radical (unpaired) electrons. The summed E-state index contributed by atoms with van der Waals surface area (Å²) in [5.74, 6) is 3.24. The average molecular weight is 235 g/mol. The fraction of sp³-hybridized carbons (Fsp3) is 1.00. The van der Waals surface area contributed by atoms with Crippen molar-refractivity contribution in [2.45, 2.75) is 83.2 Å². The molecule has 0 saturated heterocycles. The first kappa shape index (κ1) is 12.0. The molecule has 3 fully saturated rings. The van der Waals surface area contributed by atoms with E-state index in [9.17, 15) is 0 Å². The Hall–Kier alpha value is -0.0400. The van der Waals surface area contributed by atoms with Gasteiger partial charge in [-0.25, -0.2) is 0 Å². The van der Waals surface area contributed by atoms with Gasteiger partial charge in [0.1, 0.15) is 0 Å². The maximum Gasteiger partial charge on any atom is 0.00723 e. The fourth-order valence-electron chi connectivity index (χ4n) is 4.35. The Morgan fingerprint density at radius 3 is 2.47 bits per heavy atom. The van der Waals surface area contributed by atoms with Crippen LogP contribution in [0.5, 0.6) is 0 Å². The standard InChI is InChI=1S/C16H29N/c1-12(10-13-6-7-13)17-16-9-8-14-4-2-3-5-15(14)11-16/h12-17H,2-11H2,1H3. The van der Waals surface area contributed by atoms with Gasteiger partial charge in [-0.05, 0) is 50.4 Å².